The van der Waals surface area contributed by atoms with Gasteiger partial charge in [-0.3, -0.25) is 13.9 Å². The fraction of sp³-hybridized carbons (Fsp3) is 0.214. The van der Waals surface area contributed by atoms with Crippen LogP contribution in [0, 0.1) is 0 Å². The van der Waals surface area contributed by atoms with Gasteiger partial charge in [0.15, 0.2) is 5.82 Å². The number of hydrogen-bond donors (Lipinski definition) is 1. The van der Waals surface area contributed by atoms with Crippen LogP contribution in [0.1, 0.15) is 10.4 Å². The quantitative estimate of drug-likeness (QED) is 0.824. The van der Waals surface area contributed by atoms with Crippen molar-refractivity contribution in [1.29, 1.82) is 0 Å². The Hall–Kier alpha value is -2.83. The van der Waals surface area contributed by atoms with Crippen molar-refractivity contribution in [2.75, 3.05) is 12.4 Å². The summed E-state index contributed by atoms with van der Waals surface area (Å²) < 4.78 is 7.26. The van der Waals surface area contributed by atoms with Crippen molar-refractivity contribution in [2.45, 2.75) is 0 Å². The molecule has 0 saturated carbocycles. The van der Waals surface area contributed by atoms with Gasteiger partial charge in [-0.2, -0.15) is 0 Å². The second kappa shape index (κ2) is 5.66. The minimum absolute atomic E-state index is 0.146. The highest BCUT2D eigenvalue weighted by Gasteiger charge is 2.19. The highest BCUT2D eigenvalue weighted by Crippen LogP contribution is 2.17. The largest absolute Gasteiger partial charge is 0.413 e. The van der Waals surface area contributed by atoms with E-state index < -0.39 is 17.2 Å². The zero-order valence-corrected chi connectivity index (χ0v) is 11.9. The third-order valence-corrected chi connectivity index (χ3v) is 3.06. The van der Waals surface area contributed by atoms with Gasteiger partial charge in [-0.1, -0.05) is 18.2 Å². The lowest BCUT2D eigenvalue weighted by Crippen LogP contribution is -2.39. The van der Waals surface area contributed by atoms with E-state index >= 15 is 0 Å². The highest BCUT2D eigenvalue weighted by molar-refractivity contribution is 5.91. The van der Waals surface area contributed by atoms with Gasteiger partial charge in [0.05, 0.1) is 5.56 Å². The topological polar surface area (TPSA) is 82.3 Å². The summed E-state index contributed by atoms with van der Waals surface area (Å²) in [6.07, 6.45) is 0. The molecule has 0 amide bonds. The van der Waals surface area contributed by atoms with Gasteiger partial charge in [0.1, 0.15) is 0 Å². The third kappa shape index (κ3) is 2.58. The Balaban J connectivity index is 2.53. The molecule has 21 heavy (non-hydrogen) atoms. The summed E-state index contributed by atoms with van der Waals surface area (Å²) in [6.45, 7) is 0. The van der Waals surface area contributed by atoms with Crippen molar-refractivity contribution >= 4 is 11.8 Å². The third-order valence-electron chi connectivity index (χ3n) is 3.06. The highest BCUT2D eigenvalue weighted by atomic mass is 16.5. The molecule has 0 atom stereocenters. The summed E-state index contributed by atoms with van der Waals surface area (Å²) in [4.78, 5) is 36.0. The van der Waals surface area contributed by atoms with E-state index in [1.807, 2.05) is 0 Å². The van der Waals surface area contributed by atoms with Gasteiger partial charge < -0.3 is 10.1 Å². The average molecular weight is 289 g/mol. The molecule has 0 bridgehead atoms. The predicted molar refractivity (Wildman–Crippen MR) is 77.9 cm³/mol. The van der Waals surface area contributed by atoms with Crippen LogP contribution in [0.2, 0.25) is 0 Å². The van der Waals surface area contributed by atoms with E-state index in [1.54, 1.807) is 30.3 Å². The number of hydrogen-bond acceptors (Lipinski definition) is 5. The number of nitrogens with one attached hydrogen (secondary N) is 1. The second-order valence-corrected chi connectivity index (χ2v) is 4.39. The standard InChI is InChI=1S/C14H15N3O4/c1-15-11-10(12(18)17(3)14(20)16(11)2)21-13(19)9-7-5-4-6-8-9/h4-8,15H,1-3H3. The van der Waals surface area contributed by atoms with Crippen LogP contribution >= 0.6 is 0 Å². The molecular weight excluding hydrogens is 274 g/mol. The fourth-order valence-electron chi connectivity index (χ4n) is 1.91. The van der Waals surface area contributed by atoms with Gasteiger partial charge in [0, 0.05) is 21.1 Å². The first-order valence-corrected chi connectivity index (χ1v) is 6.22. The predicted octanol–water partition coefficient (Wildman–Crippen LogP) is 0.345. The van der Waals surface area contributed by atoms with Crippen LogP contribution in [0.4, 0.5) is 5.82 Å². The molecule has 1 N–H and O–H groups in total. The van der Waals surface area contributed by atoms with E-state index in [0.29, 0.717) is 5.56 Å². The maximum atomic E-state index is 12.1. The van der Waals surface area contributed by atoms with E-state index in [2.05, 4.69) is 5.32 Å². The number of esters is 1. The smallest absolute Gasteiger partial charge is 0.343 e. The Bertz CT molecular complexity index is 790. The van der Waals surface area contributed by atoms with Crippen molar-refractivity contribution in [3.8, 4) is 5.75 Å². The molecule has 0 unspecified atom stereocenters. The number of carbonyl (C=O) groups excluding carboxylic acids is 1. The van der Waals surface area contributed by atoms with Gasteiger partial charge in [0.2, 0.25) is 5.75 Å². The molecule has 0 fully saturated rings. The zero-order chi connectivity index (χ0) is 15.6. The minimum Gasteiger partial charge on any atom is -0.413 e. The van der Waals surface area contributed by atoms with Gasteiger partial charge >= 0.3 is 17.2 Å². The Kier molecular flexibility index (Phi) is 3.93. The summed E-state index contributed by atoms with van der Waals surface area (Å²) in [6, 6.07) is 8.30. The lowest BCUT2D eigenvalue weighted by atomic mass is 10.2. The molecule has 110 valence electrons. The Morgan fingerprint density at radius 2 is 1.71 bits per heavy atom. The molecule has 1 aromatic carbocycles. The molecule has 0 saturated heterocycles. The van der Waals surface area contributed by atoms with Crippen LogP contribution in [0.5, 0.6) is 5.75 Å². The summed E-state index contributed by atoms with van der Waals surface area (Å²) in [5, 5.41) is 2.70. The van der Waals surface area contributed by atoms with Crippen LogP contribution in [0.3, 0.4) is 0 Å². The van der Waals surface area contributed by atoms with Gasteiger partial charge in [-0.25, -0.2) is 9.59 Å². The number of ether oxygens (including phenoxy) is 1. The number of benzene rings is 1. The van der Waals surface area contributed by atoms with Crippen LogP contribution in [0.25, 0.3) is 0 Å². The van der Waals surface area contributed by atoms with Crippen LogP contribution in [0.15, 0.2) is 39.9 Å². The number of rotatable bonds is 3. The Morgan fingerprint density at radius 1 is 1.10 bits per heavy atom. The lowest BCUT2D eigenvalue weighted by Gasteiger charge is -2.14. The number of nitrogens with zero attached hydrogens (tertiary/aromatic N) is 2. The number of carbonyl (C=O) groups is 1. The van der Waals surface area contributed by atoms with E-state index in [9.17, 15) is 14.4 Å². The maximum Gasteiger partial charge on any atom is 0.343 e. The van der Waals surface area contributed by atoms with Crippen molar-refractivity contribution in [1.82, 2.24) is 9.13 Å². The monoisotopic (exact) mass is 289 g/mol. The Morgan fingerprint density at radius 3 is 2.29 bits per heavy atom. The first-order chi connectivity index (χ1) is 9.97. The normalized spacial score (nSPS) is 10.2. The minimum atomic E-state index is -0.674. The maximum absolute atomic E-state index is 12.1. The molecular formula is C14H15N3O4. The molecule has 7 heteroatoms. The molecule has 7 nitrogen and oxygen atoms in total. The SMILES string of the molecule is CNc1c(OC(=O)c2ccccc2)c(=O)n(C)c(=O)n1C. The first kappa shape index (κ1) is 14.6. The van der Waals surface area contributed by atoms with Crippen molar-refractivity contribution < 1.29 is 9.53 Å². The molecule has 0 aliphatic heterocycles. The molecule has 0 aliphatic rings. The molecule has 0 radical (unpaired) electrons. The summed E-state index contributed by atoms with van der Waals surface area (Å²) in [5.41, 5.74) is -0.869. The van der Waals surface area contributed by atoms with Crippen LogP contribution in [-0.2, 0) is 14.1 Å². The first-order valence-electron chi connectivity index (χ1n) is 6.22. The zero-order valence-electron chi connectivity index (χ0n) is 11.9. The lowest BCUT2D eigenvalue weighted by molar-refractivity contribution is 0.0731. The molecule has 1 aromatic heterocycles. The van der Waals surface area contributed by atoms with E-state index in [1.165, 1.54) is 25.7 Å². The van der Waals surface area contributed by atoms with E-state index in [-0.39, 0.29) is 11.6 Å². The molecule has 0 aliphatic carbocycles. The summed E-state index contributed by atoms with van der Waals surface area (Å²) in [7, 11) is 4.34. The molecule has 1 heterocycles. The molecule has 0 spiro atoms. The van der Waals surface area contributed by atoms with Crippen molar-refractivity contribution in [3.05, 3.63) is 56.7 Å². The summed E-state index contributed by atoms with van der Waals surface area (Å²) in [5.74, 6) is -0.730. The summed E-state index contributed by atoms with van der Waals surface area (Å²) >= 11 is 0. The van der Waals surface area contributed by atoms with Crippen LogP contribution in [-0.4, -0.2) is 22.2 Å². The van der Waals surface area contributed by atoms with Crippen molar-refractivity contribution in [2.24, 2.45) is 14.1 Å². The number of anilines is 1. The van der Waals surface area contributed by atoms with E-state index in [4.69, 9.17) is 4.74 Å². The average Bonchev–Trinajstić information content (AvgIpc) is 2.51. The van der Waals surface area contributed by atoms with Crippen LogP contribution < -0.4 is 21.3 Å². The molecule has 2 aromatic rings. The van der Waals surface area contributed by atoms with Gasteiger partial charge in [-0.05, 0) is 12.1 Å². The second-order valence-electron chi connectivity index (χ2n) is 4.39. The van der Waals surface area contributed by atoms with Gasteiger partial charge in [-0.15, -0.1) is 0 Å². The molecule has 2 rings (SSSR count). The van der Waals surface area contributed by atoms with Gasteiger partial charge in [0.25, 0.3) is 0 Å². The van der Waals surface area contributed by atoms with E-state index in [0.717, 1.165) is 4.57 Å². The number of aromatic nitrogens is 2. The fourth-order valence-corrected chi connectivity index (χ4v) is 1.91. The Labute approximate surface area is 120 Å². The van der Waals surface area contributed by atoms with Crippen molar-refractivity contribution in [3.63, 3.8) is 0 Å².